The predicted molar refractivity (Wildman–Crippen MR) is 238 cm³/mol. The molecule has 9 aromatic carbocycles. The molecule has 10 aromatic rings. The fourth-order valence-corrected chi connectivity index (χ4v) is 10.5. The van der Waals surface area contributed by atoms with Crippen molar-refractivity contribution in [3.05, 3.63) is 222 Å². The van der Waals surface area contributed by atoms with Crippen LogP contribution in [0.25, 0.3) is 78.0 Å². The van der Waals surface area contributed by atoms with Gasteiger partial charge >= 0.3 is 0 Å². The highest BCUT2D eigenvalue weighted by molar-refractivity contribution is 7.99. The second kappa shape index (κ2) is 13.0. The molecule has 0 fully saturated rings. The third-order valence-electron chi connectivity index (χ3n) is 12.0. The molecule has 4 heteroatoms. The Morgan fingerprint density at radius 1 is 0.293 bits per heavy atom. The summed E-state index contributed by atoms with van der Waals surface area (Å²) in [6.07, 6.45) is 0. The second-order valence-corrected chi connectivity index (χ2v) is 16.2. The van der Waals surface area contributed by atoms with Crippen LogP contribution >= 0.6 is 11.8 Å². The van der Waals surface area contributed by atoms with E-state index in [1.165, 1.54) is 70.3 Å². The molecule has 0 amide bonds. The van der Waals surface area contributed by atoms with Crippen LogP contribution in [0.15, 0.2) is 210 Å². The van der Waals surface area contributed by atoms with Gasteiger partial charge in [0.2, 0.25) is 0 Å². The summed E-state index contributed by atoms with van der Waals surface area (Å²) in [5.41, 5.74) is 12.5. The van der Waals surface area contributed by atoms with Crippen LogP contribution in [0.1, 0.15) is 22.3 Å². The van der Waals surface area contributed by atoms with Gasteiger partial charge in [0.1, 0.15) is 0 Å². The molecule has 12 rings (SSSR count). The lowest BCUT2D eigenvalue weighted by atomic mass is 9.67. The maximum atomic E-state index is 5.21. The van der Waals surface area contributed by atoms with Crippen molar-refractivity contribution in [1.29, 1.82) is 0 Å². The van der Waals surface area contributed by atoms with Gasteiger partial charge in [0.05, 0.1) is 5.41 Å². The lowest BCUT2D eigenvalue weighted by molar-refractivity contribution is 0.724. The van der Waals surface area contributed by atoms with Crippen molar-refractivity contribution in [2.45, 2.75) is 15.2 Å². The number of benzene rings is 9. The quantitative estimate of drug-likeness (QED) is 0.179. The number of hydrogen-bond donors (Lipinski definition) is 0. The molecular weight excluding hydrogens is 723 g/mol. The Morgan fingerprint density at radius 3 is 1.47 bits per heavy atom. The number of aromatic nitrogens is 3. The smallest absolute Gasteiger partial charge is 0.164 e. The van der Waals surface area contributed by atoms with Crippen LogP contribution in [0.2, 0.25) is 0 Å². The van der Waals surface area contributed by atoms with Gasteiger partial charge in [-0.05, 0) is 90.3 Å². The van der Waals surface area contributed by atoms with Crippen molar-refractivity contribution >= 4 is 33.3 Å². The van der Waals surface area contributed by atoms with Gasteiger partial charge < -0.3 is 0 Å². The maximum Gasteiger partial charge on any atom is 0.164 e. The zero-order valence-electron chi connectivity index (χ0n) is 31.3. The Bertz CT molecular complexity index is 3220. The van der Waals surface area contributed by atoms with E-state index < -0.39 is 5.41 Å². The largest absolute Gasteiger partial charge is 0.208 e. The zero-order valence-corrected chi connectivity index (χ0v) is 32.1. The Balaban J connectivity index is 1.03. The summed E-state index contributed by atoms with van der Waals surface area (Å²) >= 11 is 1.85. The zero-order chi connectivity index (χ0) is 38.2. The van der Waals surface area contributed by atoms with Crippen molar-refractivity contribution in [2.75, 3.05) is 0 Å². The van der Waals surface area contributed by atoms with Gasteiger partial charge in [-0.3, -0.25) is 0 Å². The van der Waals surface area contributed by atoms with Crippen LogP contribution in [-0.2, 0) is 5.41 Å². The highest BCUT2D eigenvalue weighted by atomic mass is 32.2. The molecule has 58 heavy (non-hydrogen) atoms. The summed E-state index contributed by atoms with van der Waals surface area (Å²) in [6.45, 7) is 0. The normalized spacial score (nSPS) is 13.2. The van der Waals surface area contributed by atoms with E-state index in [-0.39, 0.29) is 0 Å². The van der Waals surface area contributed by atoms with E-state index in [4.69, 9.17) is 15.0 Å². The SMILES string of the molecule is c1ccc(-c2nc(-c3ccc(-c4ccc5ccccc5c4)cc3)nc(-c3ccc4c(c3)Sc3cc5ccccc5cc3C43c4ccccc4-c4ccccc43)n2)cc1. The van der Waals surface area contributed by atoms with E-state index >= 15 is 0 Å². The van der Waals surface area contributed by atoms with E-state index in [2.05, 4.69) is 182 Å². The monoisotopic (exact) mass is 755 g/mol. The number of rotatable bonds is 4. The van der Waals surface area contributed by atoms with Crippen molar-refractivity contribution < 1.29 is 0 Å². The minimum Gasteiger partial charge on any atom is -0.208 e. The molecule has 0 saturated heterocycles. The molecule has 0 N–H and O–H groups in total. The number of hydrogen-bond acceptors (Lipinski definition) is 4. The van der Waals surface area contributed by atoms with Crippen molar-refractivity contribution in [1.82, 2.24) is 15.0 Å². The highest BCUT2D eigenvalue weighted by Crippen LogP contribution is 2.62. The van der Waals surface area contributed by atoms with Crippen LogP contribution in [-0.4, -0.2) is 15.0 Å². The predicted octanol–water partition coefficient (Wildman–Crippen LogP) is 13.7. The van der Waals surface area contributed by atoms with Gasteiger partial charge in [-0.2, -0.15) is 0 Å². The van der Waals surface area contributed by atoms with Crippen LogP contribution in [0, 0.1) is 0 Å². The summed E-state index contributed by atoms with van der Waals surface area (Å²) in [5, 5.41) is 4.95. The Kier molecular flexibility index (Phi) is 7.38. The molecule has 1 aliphatic heterocycles. The molecule has 1 spiro atoms. The Labute approximate surface area is 340 Å². The third kappa shape index (κ3) is 5.05. The molecule has 0 radical (unpaired) electrons. The first-order valence-electron chi connectivity index (χ1n) is 19.7. The lowest BCUT2D eigenvalue weighted by Gasteiger charge is -2.40. The number of fused-ring (bicyclic) bond motifs is 11. The minimum absolute atomic E-state index is 0.474. The first-order chi connectivity index (χ1) is 28.7. The maximum absolute atomic E-state index is 5.21. The molecule has 1 aliphatic carbocycles. The van der Waals surface area contributed by atoms with Gasteiger partial charge in [-0.1, -0.05) is 188 Å². The van der Waals surface area contributed by atoms with Crippen molar-refractivity contribution in [2.24, 2.45) is 0 Å². The minimum atomic E-state index is -0.474. The number of nitrogens with zero attached hydrogens (tertiary/aromatic N) is 3. The first kappa shape index (κ1) is 33.0. The van der Waals surface area contributed by atoms with Crippen LogP contribution in [0.4, 0.5) is 0 Å². The van der Waals surface area contributed by atoms with Gasteiger partial charge in [0.15, 0.2) is 17.5 Å². The van der Waals surface area contributed by atoms with E-state index in [1.54, 1.807) is 0 Å². The summed E-state index contributed by atoms with van der Waals surface area (Å²) < 4.78 is 0. The first-order valence-corrected chi connectivity index (χ1v) is 20.5. The molecule has 270 valence electrons. The van der Waals surface area contributed by atoms with Crippen molar-refractivity contribution in [3.8, 4) is 56.4 Å². The van der Waals surface area contributed by atoms with Gasteiger partial charge in [-0.25, -0.2) is 15.0 Å². The summed E-state index contributed by atoms with van der Waals surface area (Å²) in [7, 11) is 0. The molecule has 0 saturated carbocycles. The standard InChI is InChI=1S/C54H33N3S/c1-2-13-36(14-3-1)51-55-52(37-25-22-35(23-26-37)41-27-24-34-12-4-5-15-38(34)30-41)57-53(56-51)42-28-29-47-49(33-42)58-50-32-40-17-7-6-16-39(40)31-48(50)54(47)45-20-10-8-18-43(45)44-19-9-11-21-46(44)54/h1-33H. The van der Waals surface area contributed by atoms with Gasteiger partial charge in [0.25, 0.3) is 0 Å². The molecule has 1 aromatic heterocycles. The average molecular weight is 756 g/mol. The lowest BCUT2D eigenvalue weighted by Crippen LogP contribution is -2.32. The second-order valence-electron chi connectivity index (χ2n) is 15.2. The van der Waals surface area contributed by atoms with Crippen LogP contribution < -0.4 is 0 Å². The van der Waals surface area contributed by atoms with Crippen molar-refractivity contribution in [3.63, 3.8) is 0 Å². The van der Waals surface area contributed by atoms with Crippen LogP contribution in [0.5, 0.6) is 0 Å². The highest BCUT2D eigenvalue weighted by Gasteiger charge is 2.50. The Morgan fingerprint density at radius 2 is 0.776 bits per heavy atom. The van der Waals surface area contributed by atoms with Gasteiger partial charge in [-0.15, -0.1) is 0 Å². The fourth-order valence-electron chi connectivity index (χ4n) is 9.26. The molecule has 2 aliphatic rings. The van der Waals surface area contributed by atoms with Gasteiger partial charge in [0, 0.05) is 26.5 Å². The fraction of sp³-hybridized carbons (Fsp3) is 0.0185. The molecule has 0 bridgehead atoms. The Hall–Kier alpha value is -7.14. The molecular formula is C54H33N3S. The van der Waals surface area contributed by atoms with Crippen LogP contribution in [0.3, 0.4) is 0 Å². The van der Waals surface area contributed by atoms with E-state index in [9.17, 15) is 0 Å². The van der Waals surface area contributed by atoms with E-state index in [0.717, 1.165) is 22.3 Å². The average Bonchev–Trinajstić information content (AvgIpc) is 3.59. The molecule has 2 heterocycles. The molecule has 3 nitrogen and oxygen atoms in total. The molecule has 0 atom stereocenters. The van der Waals surface area contributed by atoms with E-state index in [0.29, 0.717) is 17.5 Å². The topological polar surface area (TPSA) is 38.7 Å². The summed E-state index contributed by atoms with van der Waals surface area (Å²) in [6, 6.07) is 72.2. The summed E-state index contributed by atoms with van der Waals surface area (Å²) in [5.74, 6) is 1.94. The summed E-state index contributed by atoms with van der Waals surface area (Å²) in [4.78, 5) is 17.9. The van der Waals surface area contributed by atoms with E-state index in [1.807, 2.05) is 30.0 Å². The third-order valence-corrected chi connectivity index (χ3v) is 13.1. The molecule has 0 unspecified atom stereocenters.